The smallest absolute Gasteiger partial charge is 0.277 e. The van der Waals surface area contributed by atoms with Crippen molar-refractivity contribution in [1.29, 1.82) is 0 Å². The van der Waals surface area contributed by atoms with Crippen LogP contribution in [0.3, 0.4) is 0 Å². The number of nitrogens with one attached hydrogen (secondary N) is 1. The van der Waals surface area contributed by atoms with Gasteiger partial charge in [-0.05, 0) is 38.5 Å². The van der Waals surface area contributed by atoms with Gasteiger partial charge in [0.15, 0.2) is 0 Å². The molecule has 1 aliphatic heterocycles. The Morgan fingerprint density at radius 2 is 2.20 bits per heavy atom. The summed E-state index contributed by atoms with van der Waals surface area (Å²) in [6.07, 6.45) is 9.58. The first-order chi connectivity index (χ1) is 12.2. The Balaban J connectivity index is 1.34. The summed E-state index contributed by atoms with van der Waals surface area (Å²) in [6, 6.07) is 0. The summed E-state index contributed by atoms with van der Waals surface area (Å²) in [5.74, 6) is 0.765. The fraction of sp³-hybridized carbons (Fsp3) is 0.647. The highest BCUT2D eigenvalue weighted by atomic mass is 32.2. The van der Waals surface area contributed by atoms with Gasteiger partial charge in [0.05, 0.1) is 12.3 Å². The van der Waals surface area contributed by atoms with Gasteiger partial charge in [0.1, 0.15) is 0 Å². The summed E-state index contributed by atoms with van der Waals surface area (Å²) >= 11 is 1.22. The third-order valence-electron chi connectivity index (χ3n) is 4.43. The first-order valence-electron chi connectivity index (χ1n) is 8.88. The molecular weight excluding hydrogens is 340 g/mol. The minimum atomic E-state index is -0.0316. The lowest BCUT2D eigenvalue weighted by Crippen LogP contribution is -2.26. The lowest BCUT2D eigenvalue weighted by molar-refractivity contribution is -0.128. The topological polar surface area (TPSA) is 88.3 Å². The van der Waals surface area contributed by atoms with E-state index in [-0.39, 0.29) is 17.6 Å². The number of thioether (sulfide) groups is 1. The van der Waals surface area contributed by atoms with Crippen molar-refractivity contribution in [2.24, 2.45) is 0 Å². The van der Waals surface area contributed by atoms with Crippen molar-refractivity contribution >= 4 is 23.6 Å². The van der Waals surface area contributed by atoms with Crippen molar-refractivity contribution in [3.05, 3.63) is 17.5 Å². The van der Waals surface area contributed by atoms with Crippen molar-refractivity contribution in [2.45, 2.75) is 56.7 Å². The van der Waals surface area contributed by atoms with Crippen molar-refractivity contribution in [2.75, 3.05) is 18.8 Å². The maximum atomic E-state index is 11.9. The number of carbonyl (C=O) groups is 2. The van der Waals surface area contributed by atoms with E-state index < -0.39 is 0 Å². The normalized spacial score (nSPS) is 17.7. The second kappa shape index (κ2) is 9.03. The molecule has 2 amide bonds. The highest BCUT2D eigenvalue weighted by Crippen LogP contribution is 2.20. The standard InChI is InChI=1S/C17H24N4O3S/c22-14(18-9-8-13-5-2-1-3-6-13)12-25-17-20-19-15(24-17)11-21-10-4-7-16(21)23/h5H,1-4,6-12H2,(H,18,22). The third kappa shape index (κ3) is 5.59. The summed E-state index contributed by atoms with van der Waals surface area (Å²) in [7, 11) is 0. The van der Waals surface area contributed by atoms with Gasteiger partial charge in [0.2, 0.25) is 17.7 Å². The van der Waals surface area contributed by atoms with Crippen LogP contribution in [0.4, 0.5) is 0 Å². The number of hydrogen-bond acceptors (Lipinski definition) is 6. The highest BCUT2D eigenvalue weighted by molar-refractivity contribution is 7.99. The van der Waals surface area contributed by atoms with Gasteiger partial charge in [0, 0.05) is 19.5 Å². The predicted octanol–water partition coefficient (Wildman–Crippen LogP) is 2.29. The summed E-state index contributed by atoms with van der Waals surface area (Å²) in [4.78, 5) is 25.2. The number of aromatic nitrogens is 2. The van der Waals surface area contributed by atoms with Crippen LogP contribution in [-0.2, 0) is 16.1 Å². The molecule has 0 saturated carbocycles. The highest BCUT2D eigenvalue weighted by Gasteiger charge is 2.22. The molecule has 7 nitrogen and oxygen atoms in total. The zero-order valence-electron chi connectivity index (χ0n) is 14.3. The summed E-state index contributed by atoms with van der Waals surface area (Å²) in [5, 5.41) is 11.2. The Hall–Kier alpha value is -1.83. The first-order valence-corrected chi connectivity index (χ1v) is 9.87. The van der Waals surface area contributed by atoms with Crippen LogP contribution in [0, 0.1) is 0 Å². The van der Waals surface area contributed by atoms with E-state index in [0.29, 0.717) is 30.6 Å². The van der Waals surface area contributed by atoms with Gasteiger partial charge >= 0.3 is 0 Å². The monoisotopic (exact) mass is 364 g/mol. The van der Waals surface area contributed by atoms with Crippen LogP contribution < -0.4 is 5.32 Å². The second-order valence-electron chi connectivity index (χ2n) is 6.38. The molecule has 0 radical (unpaired) electrons. The molecular formula is C17H24N4O3S. The van der Waals surface area contributed by atoms with Gasteiger partial charge in [-0.2, -0.15) is 0 Å². The van der Waals surface area contributed by atoms with Gasteiger partial charge in [-0.15, -0.1) is 10.2 Å². The molecule has 1 aliphatic carbocycles. The van der Waals surface area contributed by atoms with E-state index in [2.05, 4.69) is 21.6 Å². The maximum Gasteiger partial charge on any atom is 0.277 e. The zero-order chi connectivity index (χ0) is 17.5. The van der Waals surface area contributed by atoms with Crippen LogP contribution in [0.15, 0.2) is 21.3 Å². The van der Waals surface area contributed by atoms with Crippen LogP contribution in [0.2, 0.25) is 0 Å². The molecule has 3 rings (SSSR count). The average molecular weight is 364 g/mol. The minimum Gasteiger partial charge on any atom is -0.414 e. The molecule has 1 aromatic rings. The lowest BCUT2D eigenvalue weighted by Gasteiger charge is -2.12. The Kier molecular flexibility index (Phi) is 6.49. The van der Waals surface area contributed by atoms with Crippen molar-refractivity contribution < 1.29 is 14.0 Å². The van der Waals surface area contributed by atoms with Gasteiger partial charge in [-0.3, -0.25) is 9.59 Å². The number of amides is 2. The zero-order valence-corrected chi connectivity index (χ0v) is 15.1. The number of nitrogens with zero attached hydrogens (tertiary/aromatic N) is 3. The summed E-state index contributed by atoms with van der Waals surface area (Å²) in [5.41, 5.74) is 1.46. The van der Waals surface area contributed by atoms with E-state index in [4.69, 9.17) is 4.42 Å². The second-order valence-corrected chi connectivity index (χ2v) is 7.30. The predicted molar refractivity (Wildman–Crippen MR) is 93.9 cm³/mol. The Morgan fingerprint density at radius 3 is 2.96 bits per heavy atom. The van der Waals surface area contributed by atoms with Gasteiger partial charge in [-0.25, -0.2) is 0 Å². The quantitative estimate of drug-likeness (QED) is 0.562. The molecule has 0 spiro atoms. The van der Waals surface area contributed by atoms with Crippen LogP contribution >= 0.6 is 11.8 Å². The Bertz CT molecular complexity index is 644. The molecule has 0 unspecified atom stereocenters. The largest absolute Gasteiger partial charge is 0.414 e. The molecule has 1 N–H and O–H groups in total. The number of likely N-dealkylation sites (tertiary alicyclic amines) is 1. The summed E-state index contributed by atoms with van der Waals surface area (Å²) in [6.45, 7) is 1.77. The van der Waals surface area contributed by atoms with Gasteiger partial charge in [-0.1, -0.05) is 23.4 Å². The van der Waals surface area contributed by atoms with Gasteiger partial charge in [0.25, 0.3) is 5.22 Å². The van der Waals surface area contributed by atoms with E-state index in [0.717, 1.165) is 25.8 Å². The number of allylic oxidation sites excluding steroid dienone is 1. The fourth-order valence-corrected chi connectivity index (χ4v) is 3.68. The van der Waals surface area contributed by atoms with Crippen LogP contribution in [0.5, 0.6) is 0 Å². The van der Waals surface area contributed by atoms with E-state index in [1.807, 2.05) is 0 Å². The Morgan fingerprint density at radius 1 is 1.28 bits per heavy atom. The number of hydrogen-bond donors (Lipinski definition) is 1. The van der Waals surface area contributed by atoms with E-state index in [9.17, 15) is 9.59 Å². The molecule has 1 fully saturated rings. The van der Waals surface area contributed by atoms with Crippen LogP contribution in [0.25, 0.3) is 0 Å². The molecule has 8 heteroatoms. The SMILES string of the molecule is O=C(CSc1nnc(CN2CCCC2=O)o1)NCCC1=CCCCC1. The molecule has 1 aromatic heterocycles. The maximum absolute atomic E-state index is 11.9. The molecule has 1 saturated heterocycles. The van der Waals surface area contributed by atoms with Gasteiger partial charge < -0.3 is 14.6 Å². The number of rotatable bonds is 8. The molecule has 0 bridgehead atoms. The molecule has 25 heavy (non-hydrogen) atoms. The lowest BCUT2D eigenvalue weighted by atomic mass is 9.97. The van der Waals surface area contributed by atoms with Crippen molar-refractivity contribution in [3.8, 4) is 0 Å². The summed E-state index contributed by atoms with van der Waals surface area (Å²) < 4.78 is 5.50. The van der Waals surface area contributed by atoms with E-state index >= 15 is 0 Å². The Labute approximate surface area is 151 Å². The molecule has 0 atom stereocenters. The van der Waals surface area contributed by atoms with E-state index in [1.54, 1.807) is 4.90 Å². The first kappa shape index (κ1) is 18.0. The fourth-order valence-electron chi connectivity index (χ4n) is 3.07. The van der Waals surface area contributed by atoms with Crippen LogP contribution in [0.1, 0.15) is 50.8 Å². The van der Waals surface area contributed by atoms with Crippen molar-refractivity contribution in [3.63, 3.8) is 0 Å². The molecule has 136 valence electrons. The minimum absolute atomic E-state index is 0.0316. The molecule has 2 heterocycles. The third-order valence-corrected chi connectivity index (χ3v) is 5.24. The number of carbonyl (C=O) groups excluding carboxylic acids is 2. The average Bonchev–Trinajstić information content (AvgIpc) is 3.24. The molecule has 0 aromatic carbocycles. The molecule has 2 aliphatic rings. The van der Waals surface area contributed by atoms with Crippen LogP contribution in [-0.4, -0.2) is 45.8 Å². The van der Waals surface area contributed by atoms with Crippen molar-refractivity contribution in [1.82, 2.24) is 20.4 Å². The van der Waals surface area contributed by atoms with E-state index in [1.165, 1.54) is 36.6 Å².